The van der Waals surface area contributed by atoms with E-state index in [2.05, 4.69) is 6.92 Å². The molecule has 0 saturated heterocycles. The van der Waals surface area contributed by atoms with Crippen molar-refractivity contribution in [2.24, 2.45) is 11.8 Å². The van der Waals surface area contributed by atoms with Gasteiger partial charge < -0.3 is 9.47 Å². The molecule has 2 fully saturated rings. The second-order valence-electron chi connectivity index (χ2n) is 7.97. The highest BCUT2D eigenvalue weighted by Crippen LogP contribution is 2.44. The highest BCUT2D eigenvalue weighted by Gasteiger charge is 2.32. The van der Waals surface area contributed by atoms with Gasteiger partial charge in [-0.1, -0.05) is 12.1 Å². The largest absolute Gasteiger partial charge is 0.462 e. The van der Waals surface area contributed by atoms with Gasteiger partial charge in [0.05, 0.1) is 12.4 Å². The molecule has 0 bridgehead atoms. The predicted molar refractivity (Wildman–Crippen MR) is 104 cm³/mol. The molecule has 0 heterocycles. The van der Waals surface area contributed by atoms with Crippen LogP contribution in [0, 0.1) is 23.5 Å². The van der Waals surface area contributed by atoms with Crippen LogP contribution in [0.15, 0.2) is 24.5 Å². The van der Waals surface area contributed by atoms with Crippen molar-refractivity contribution in [3.63, 3.8) is 0 Å². The van der Waals surface area contributed by atoms with Gasteiger partial charge in [-0.3, -0.25) is 0 Å². The van der Waals surface area contributed by atoms with E-state index < -0.39 is 11.6 Å². The SMILES string of the molecule is C/C=C/Oc1ccc(C2CCC(C3CCC(OCC)CC3)CC2)c(F)c1F. The summed E-state index contributed by atoms with van der Waals surface area (Å²) in [6.07, 6.45) is 12.4. The molecule has 0 N–H and O–H groups in total. The molecule has 2 aliphatic rings. The smallest absolute Gasteiger partial charge is 0.201 e. The number of halogens is 2. The predicted octanol–water partition coefficient (Wildman–Crippen LogP) is 6.75. The average molecular weight is 379 g/mol. The van der Waals surface area contributed by atoms with Crippen molar-refractivity contribution in [2.45, 2.75) is 77.2 Å². The van der Waals surface area contributed by atoms with E-state index in [1.165, 1.54) is 31.9 Å². The molecule has 1 aromatic rings. The van der Waals surface area contributed by atoms with E-state index in [4.69, 9.17) is 9.47 Å². The lowest BCUT2D eigenvalue weighted by atomic mass is 9.69. The zero-order valence-electron chi connectivity index (χ0n) is 16.6. The fourth-order valence-electron chi connectivity index (χ4n) is 4.96. The highest BCUT2D eigenvalue weighted by atomic mass is 19.2. The van der Waals surface area contributed by atoms with Gasteiger partial charge in [-0.2, -0.15) is 4.39 Å². The van der Waals surface area contributed by atoms with Crippen LogP contribution in [0.2, 0.25) is 0 Å². The van der Waals surface area contributed by atoms with Crippen molar-refractivity contribution in [3.8, 4) is 5.75 Å². The Bertz CT molecular complexity index is 628. The Labute approximate surface area is 161 Å². The normalized spacial score (nSPS) is 29.2. The molecule has 3 rings (SSSR count). The number of hydrogen-bond acceptors (Lipinski definition) is 2. The maximum Gasteiger partial charge on any atom is 0.201 e. The van der Waals surface area contributed by atoms with Crippen LogP contribution in [0.5, 0.6) is 5.75 Å². The van der Waals surface area contributed by atoms with E-state index >= 15 is 0 Å². The van der Waals surface area contributed by atoms with Crippen molar-refractivity contribution in [1.82, 2.24) is 0 Å². The zero-order valence-corrected chi connectivity index (χ0v) is 16.6. The van der Waals surface area contributed by atoms with Crippen molar-refractivity contribution in [1.29, 1.82) is 0 Å². The molecular weight excluding hydrogens is 346 g/mol. The van der Waals surface area contributed by atoms with Crippen molar-refractivity contribution in [2.75, 3.05) is 6.61 Å². The summed E-state index contributed by atoms with van der Waals surface area (Å²) < 4.78 is 39.7. The monoisotopic (exact) mass is 378 g/mol. The van der Waals surface area contributed by atoms with E-state index in [1.54, 1.807) is 25.1 Å². The summed E-state index contributed by atoms with van der Waals surface area (Å²) in [5.41, 5.74) is 0.513. The van der Waals surface area contributed by atoms with Gasteiger partial charge >= 0.3 is 0 Å². The van der Waals surface area contributed by atoms with Crippen LogP contribution in [0.4, 0.5) is 8.78 Å². The second kappa shape index (κ2) is 9.68. The van der Waals surface area contributed by atoms with Gasteiger partial charge in [0.1, 0.15) is 0 Å². The minimum absolute atomic E-state index is 0.0471. The molecule has 27 heavy (non-hydrogen) atoms. The Kier molecular flexibility index (Phi) is 7.28. The van der Waals surface area contributed by atoms with Gasteiger partial charge in [0, 0.05) is 6.61 Å². The molecule has 2 aliphatic carbocycles. The lowest BCUT2D eigenvalue weighted by Crippen LogP contribution is -2.28. The number of rotatable bonds is 6. The van der Waals surface area contributed by atoms with Crippen molar-refractivity contribution in [3.05, 3.63) is 41.7 Å². The van der Waals surface area contributed by atoms with Crippen molar-refractivity contribution >= 4 is 0 Å². The molecule has 150 valence electrons. The first kappa shape index (κ1) is 20.3. The lowest BCUT2D eigenvalue weighted by Gasteiger charge is -2.38. The van der Waals surface area contributed by atoms with E-state index in [1.807, 2.05) is 0 Å². The van der Waals surface area contributed by atoms with Gasteiger partial charge in [0.25, 0.3) is 0 Å². The van der Waals surface area contributed by atoms with Crippen LogP contribution in [-0.2, 0) is 4.74 Å². The minimum atomic E-state index is -0.873. The molecule has 4 heteroatoms. The van der Waals surface area contributed by atoms with Gasteiger partial charge in [-0.05, 0) is 94.6 Å². The molecule has 0 amide bonds. The quantitative estimate of drug-likeness (QED) is 0.510. The number of ether oxygens (including phenoxy) is 2. The zero-order chi connectivity index (χ0) is 19.2. The van der Waals surface area contributed by atoms with Gasteiger partial charge in [-0.25, -0.2) is 4.39 Å². The minimum Gasteiger partial charge on any atom is -0.462 e. The van der Waals surface area contributed by atoms with E-state index in [0.717, 1.165) is 44.1 Å². The van der Waals surface area contributed by atoms with Crippen molar-refractivity contribution < 1.29 is 18.3 Å². The maximum absolute atomic E-state index is 14.5. The average Bonchev–Trinajstić information content (AvgIpc) is 2.70. The maximum atomic E-state index is 14.5. The summed E-state index contributed by atoms with van der Waals surface area (Å²) in [4.78, 5) is 0. The van der Waals surface area contributed by atoms with E-state index in [0.29, 0.717) is 11.7 Å². The molecule has 2 saturated carbocycles. The Morgan fingerprint density at radius 2 is 1.56 bits per heavy atom. The molecule has 0 unspecified atom stereocenters. The van der Waals surface area contributed by atoms with Crippen LogP contribution in [0.25, 0.3) is 0 Å². The standard InChI is InChI=1S/C23H32F2O2/c1-3-15-27-21-14-13-20(22(24)23(21)25)18-7-5-16(6-8-18)17-9-11-19(12-10-17)26-4-2/h3,13-19H,4-12H2,1-2H3/b15-3+. The van der Waals surface area contributed by atoms with E-state index in [9.17, 15) is 8.78 Å². The Morgan fingerprint density at radius 1 is 0.926 bits per heavy atom. The third-order valence-corrected chi connectivity index (χ3v) is 6.41. The van der Waals surface area contributed by atoms with Crippen LogP contribution >= 0.6 is 0 Å². The summed E-state index contributed by atoms with van der Waals surface area (Å²) >= 11 is 0. The van der Waals surface area contributed by atoms with Gasteiger partial charge in [0.15, 0.2) is 11.6 Å². The van der Waals surface area contributed by atoms with Gasteiger partial charge in [0.2, 0.25) is 5.82 Å². The molecule has 0 atom stereocenters. The molecular formula is C23H32F2O2. The first-order valence-corrected chi connectivity index (χ1v) is 10.5. The Hall–Kier alpha value is -1.42. The fourth-order valence-corrected chi connectivity index (χ4v) is 4.96. The Morgan fingerprint density at radius 3 is 2.15 bits per heavy atom. The third kappa shape index (κ3) is 4.90. The molecule has 0 aliphatic heterocycles. The van der Waals surface area contributed by atoms with Gasteiger partial charge in [-0.15, -0.1) is 0 Å². The second-order valence-corrected chi connectivity index (χ2v) is 7.97. The highest BCUT2D eigenvalue weighted by molar-refractivity contribution is 5.33. The van der Waals surface area contributed by atoms with Crippen LogP contribution in [-0.4, -0.2) is 12.7 Å². The third-order valence-electron chi connectivity index (χ3n) is 6.41. The number of hydrogen-bond donors (Lipinski definition) is 0. The van der Waals surface area contributed by atoms with Crippen LogP contribution < -0.4 is 4.74 Å². The molecule has 0 spiro atoms. The number of allylic oxidation sites excluding steroid dienone is 1. The summed E-state index contributed by atoms with van der Waals surface area (Å²) in [6.45, 7) is 4.64. The summed E-state index contributed by atoms with van der Waals surface area (Å²) in [6, 6.07) is 3.25. The topological polar surface area (TPSA) is 18.5 Å². The molecule has 0 aromatic heterocycles. The first-order chi connectivity index (χ1) is 13.1. The fraction of sp³-hybridized carbons (Fsp3) is 0.652. The van der Waals surface area contributed by atoms with Crippen LogP contribution in [0.3, 0.4) is 0 Å². The summed E-state index contributed by atoms with van der Waals surface area (Å²) in [5, 5.41) is 0. The molecule has 2 nitrogen and oxygen atoms in total. The summed E-state index contributed by atoms with van der Waals surface area (Å²) in [5.74, 6) is -0.0325. The molecule has 1 aromatic carbocycles. The molecule has 0 radical (unpaired) electrons. The number of benzene rings is 1. The van der Waals surface area contributed by atoms with E-state index in [-0.39, 0.29) is 11.7 Å². The van der Waals surface area contributed by atoms with Crippen LogP contribution in [0.1, 0.15) is 76.7 Å². The summed E-state index contributed by atoms with van der Waals surface area (Å²) in [7, 11) is 0. The first-order valence-electron chi connectivity index (χ1n) is 10.5. The Balaban J connectivity index is 1.56. The lowest BCUT2D eigenvalue weighted by molar-refractivity contribution is 0.0145.